The van der Waals surface area contributed by atoms with Gasteiger partial charge >= 0.3 is 0 Å². The minimum Gasteiger partial charge on any atom is -0.387 e. The van der Waals surface area contributed by atoms with Crippen LogP contribution in [0.1, 0.15) is 28.2 Å². The van der Waals surface area contributed by atoms with Crippen LogP contribution in [-0.4, -0.2) is 39.6 Å². The molecular weight excluding hydrogens is 387 g/mol. The summed E-state index contributed by atoms with van der Waals surface area (Å²) in [6, 6.07) is 9.17. The topological polar surface area (TPSA) is 79.2 Å². The number of amides is 1. The fourth-order valence-electron chi connectivity index (χ4n) is 2.60. The smallest absolute Gasteiger partial charge is 0.204 e. The Morgan fingerprint density at radius 3 is 2.55 bits per heavy atom. The van der Waals surface area contributed by atoms with Crippen molar-refractivity contribution in [1.82, 2.24) is 10.6 Å². The van der Waals surface area contributed by atoms with Gasteiger partial charge in [-0.25, -0.2) is 4.39 Å². The standard InChI is InChI=1S/C15H12FNS.C6H14N2.CH3NO/c1-3-15-14(17-2)10-12(18-15)9-8-11-6-4-5-7-13(11)16;1-7-6-3-2-4-8-5-6;2-1-3/h3-7,10,17H,1H2,2H3;6-8H,2-5H2,1H3;1H,(H2,2,3). The number of hydrogen-bond acceptors (Lipinski definition) is 5. The summed E-state index contributed by atoms with van der Waals surface area (Å²) in [4.78, 5) is 10.5. The molecule has 1 aromatic heterocycles. The first-order valence-corrected chi connectivity index (χ1v) is 10.1. The Labute approximate surface area is 176 Å². The molecule has 5 N–H and O–H groups in total. The third-order valence-electron chi connectivity index (χ3n) is 4.11. The second-order valence-corrected chi connectivity index (χ2v) is 7.12. The van der Waals surface area contributed by atoms with Crippen molar-refractivity contribution in [3.8, 4) is 11.8 Å². The zero-order valence-corrected chi connectivity index (χ0v) is 17.7. The Morgan fingerprint density at radius 1 is 1.34 bits per heavy atom. The van der Waals surface area contributed by atoms with Crippen molar-refractivity contribution in [2.75, 3.05) is 32.5 Å². The maximum Gasteiger partial charge on any atom is 0.204 e. The summed E-state index contributed by atoms with van der Waals surface area (Å²) in [6.45, 7) is 6.10. The number of benzene rings is 1. The van der Waals surface area contributed by atoms with Crippen molar-refractivity contribution >= 4 is 29.5 Å². The van der Waals surface area contributed by atoms with Gasteiger partial charge in [-0.2, -0.15) is 0 Å². The monoisotopic (exact) mass is 416 g/mol. The van der Waals surface area contributed by atoms with Gasteiger partial charge in [0.1, 0.15) is 5.82 Å². The minimum atomic E-state index is -0.292. The molecule has 0 spiro atoms. The van der Waals surface area contributed by atoms with E-state index >= 15 is 0 Å². The number of likely N-dealkylation sites (N-methyl/N-ethyl adjacent to an activating group) is 1. The first kappa shape index (κ1) is 24.4. The average Bonchev–Trinajstić information content (AvgIpc) is 3.17. The molecule has 2 aromatic rings. The van der Waals surface area contributed by atoms with Crippen LogP contribution in [0.4, 0.5) is 10.1 Å². The Bertz CT molecular complexity index is 820. The van der Waals surface area contributed by atoms with Crippen molar-refractivity contribution in [1.29, 1.82) is 0 Å². The van der Waals surface area contributed by atoms with E-state index in [1.54, 1.807) is 24.3 Å². The zero-order valence-electron chi connectivity index (χ0n) is 16.9. The number of piperidine rings is 1. The van der Waals surface area contributed by atoms with Crippen molar-refractivity contribution < 1.29 is 9.18 Å². The third kappa shape index (κ3) is 8.92. The molecule has 0 aliphatic carbocycles. The van der Waals surface area contributed by atoms with Gasteiger partial charge < -0.3 is 21.7 Å². The number of hydrogen-bond donors (Lipinski definition) is 4. The van der Waals surface area contributed by atoms with E-state index in [1.807, 2.05) is 20.2 Å². The Hall–Kier alpha value is -2.66. The largest absolute Gasteiger partial charge is 0.387 e. The maximum absolute atomic E-state index is 13.4. The molecule has 2 heterocycles. The molecule has 0 radical (unpaired) electrons. The lowest BCUT2D eigenvalue weighted by molar-refractivity contribution is -0.106. The molecule has 156 valence electrons. The molecule has 7 heteroatoms. The van der Waals surface area contributed by atoms with Crippen LogP contribution in [0.2, 0.25) is 0 Å². The summed E-state index contributed by atoms with van der Waals surface area (Å²) >= 11 is 1.53. The minimum absolute atomic E-state index is 0.250. The van der Waals surface area contributed by atoms with Gasteiger partial charge in [0.25, 0.3) is 0 Å². The van der Waals surface area contributed by atoms with E-state index < -0.39 is 0 Å². The summed E-state index contributed by atoms with van der Waals surface area (Å²) in [7, 11) is 3.88. The Balaban J connectivity index is 0.000000317. The van der Waals surface area contributed by atoms with Crippen LogP contribution in [0.5, 0.6) is 0 Å². The first-order valence-electron chi connectivity index (χ1n) is 9.33. The van der Waals surface area contributed by atoms with E-state index in [-0.39, 0.29) is 12.2 Å². The van der Waals surface area contributed by atoms with E-state index in [1.165, 1.54) is 36.8 Å². The molecule has 29 heavy (non-hydrogen) atoms. The number of anilines is 1. The van der Waals surface area contributed by atoms with Crippen LogP contribution in [0.15, 0.2) is 36.9 Å². The number of nitrogens with one attached hydrogen (secondary N) is 3. The van der Waals surface area contributed by atoms with Crippen LogP contribution in [-0.2, 0) is 4.79 Å². The number of carbonyl (C=O) groups excluding carboxylic acids is 1. The fraction of sp³-hybridized carbons (Fsp3) is 0.318. The molecule has 1 unspecified atom stereocenters. The predicted octanol–water partition coefficient (Wildman–Crippen LogP) is 3.03. The Kier molecular flexibility index (Phi) is 12.1. The number of carbonyl (C=O) groups is 1. The number of halogens is 1. The summed E-state index contributed by atoms with van der Waals surface area (Å²) < 4.78 is 13.4. The SMILES string of the molecule is C=Cc1sc(C#Cc2ccccc2F)cc1NC.CNC1CCCNC1.NC=O. The summed E-state index contributed by atoms with van der Waals surface area (Å²) in [5.41, 5.74) is 5.57. The molecule has 1 aliphatic rings. The molecule has 1 atom stereocenters. The van der Waals surface area contributed by atoms with Gasteiger partial charge in [-0.1, -0.05) is 36.6 Å². The number of nitrogens with two attached hydrogens (primary N) is 1. The van der Waals surface area contributed by atoms with Crippen molar-refractivity contribution in [2.24, 2.45) is 5.73 Å². The van der Waals surface area contributed by atoms with E-state index in [9.17, 15) is 4.39 Å². The lowest BCUT2D eigenvalue weighted by Gasteiger charge is -2.21. The zero-order chi connectivity index (χ0) is 21.5. The van der Waals surface area contributed by atoms with Gasteiger partial charge in [0, 0.05) is 19.6 Å². The second-order valence-electron chi connectivity index (χ2n) is 6.04. The molecule has 1 fully saturated rings. The highest BCUT2D eigenvalue weighted by Gasteiger charge is 2.08. The maximum atomic E-state index is 13.4. The molecule has 1 aliphatic heterocycles. The average molecular weight is 417 g/mol. The lowest BCUT2D eigenvalue weighted by Crippen LogP contribution is -2.41. The van der Waals surface area contributed by atoms with Crippen molar-refractivity contribution in [3.05, 3.63) is 58.0 Å². The van der Waals surface area contributed by atoms with Crippen LogP contribution < -0.4 is 21.7 Å². The lowest BCUT2D eigenvalue weighted by atomic mass is 10.1. The van der Waals surface area contributed by atoms with Gasteiger partial charge in [-0.05, 0) is 44.6 Å². The van der Waals surface area contributed by atoms with Crippen LogP contribution >= 0.6 is 11.3 Å². The normalized spacial score (nSPS) is 14.7. The predicted molar refractivity (Wildman–Crippen MR) is 122 cm³/mol. The number of thiophene rings is 1. The molecular formula is C22H29FN4OS. The van der Waals surface area contributed by atoms with E-state index in [0.29, 0.717) is 5.56 Å². The van der Waals surface area contributed by atoms with Crippen LogP contribution in [0, 0.1) is 17.7 Å². The van der Waals surface area contributed by atoms with Gasteiger partial charge in [0.2, 0.25) is 6.41 Å². The first-order chi connectivity index (χ1) is 14.1. The van der Waals surface area contributed by atoms with Gasteiger partial charge in [0.05, 0.1) is 21.0 Å². The van der Waals surface area contributed by atoms with Crippen molar-refractivity contribution in [3.63, 3.8) is 0 Å². The highest BCUT2D eigenvalue weighted by Crippen LogP contribution is 2.27. The van der Waals surface area contributed by atoms with Crippen molar-refractivity contribution in [2.45, 2.75) is 18.9 Å². The van der Waals surface area contributed by atoms with Gasteiger partial charge in [0.15, 0.2) is 0 Å². The van der Waals surface area contributed by atoms with Gasteiger partial charge in [-0.15, -0.1) is 11.3 Å². The van der Waals surface area contributed by atoms with Crippen LogP contribution in [0.3, 0.4) is 0 Å². The van der Waals surface area contributed by atoms with E-state index in [4.69, 9.17) is 4.79 Å². The molecule has 0 bridgehead atoms. The quantitative estimate of drug-likeness (QED) is 0.458. The molecule has 1 saturated heterocycles. The molecule has 0 saturated carbocycles. The number of primary amides is 1. The van der Waals surface area contributed by atoms with E-state index in [2.05, 4.69) is 40.1 Å². The Morgan fingerprint density at radius 2 is 2.07 bits per heavy atom. The molecule has 1 amide bonds. The van der Waals surface area contributed by atoms with Gasteiger partial charge in [-0.3, -0.25) is 4.79 Å². The summed E-state index contributed by atoms with van der Waals surface area (Å²) in [5.74, 6) is 5.52. The van der Waals surface area contributed by atoms with Crippen LogP contribution in [0.25, 0.3) is 6.08 Å². The molecule has 1 aromatic carbocycles. The molecule has 3 rings (SSSR count). The summed E-state index contributed by atoms with van der Waals surface area (Å²) in [5, 5.41) is 9.64. The highest BCUT2D eigenvalue weighted by atomic mass is 32.1. The third-order valence-corrected chi connectivity index (χ3v) is 5.16. The highest BCUT2D eigenvalue weighted by molar-refractivity contribution is 7.14. The molecule has 5 nitrogen and oxygen atoms in total. The summed E-state index contributed by atoms with van der Waals surface area (Å²) in [6.07, 6.45) is 4.69. The number of rotatable bonds is 3. The second kappa shape index (κ2) is 14.4. The van der Waals surface area contributed by atoms with E-state index in [0.717, 1.165) is 28.0 Å². The fourth-order valence-corrected chi connectivity index (χ4v) is 3.47.